The largest absolute Gasteiger partial charge is 0.490 e. The van der Waals surface area contributed by atoms with Gasteiger partial charge < -0.3 is 4.74 Å². The molecule has 0 unspecified atom stereocenters. The summed E-state index contributed by atoms with van der Waals surface area (Å²) in [5, 5.41) is 1.88. The molecule has 0 atom stereocenters. The molecule has 2 nitrogen and oxygen atoms in total. The lowest BCUT2D eigenvalue weighted by molar-refractivity contribution is 0.0977. The van der Waals surface area contributed by atoms with Crippen LogP contribution in [0.5, 0.6) is 5.75 Å². The predicted molar refractivity (Wildman–Crippen MR) is 74.5 cm³/mol. The van der Waals surface area contributed by atoms with Crippen molar-refractivity contribution >= 4 is 17.1 Å². The molecule has 0 N–H and O–H groups in total. The molecule has 0 amide bonds. The summed E-state index contributed by atoms with van der Waals surface area (Å²) in [5.74, 6) is 0.00192. The van der Waals surface area contributed by atoms with Crippen molar-refractivity contribution in [1.29, 1.82) is 0 Å². The van der Waals surface area contributed by atoms with Crippen molar-refractivity contribution in [3.05, 3.63) is 52.0 Å². The first-order valence-electron chi connectivity index (χ1n) is 6.12. The molecule has 2 rings (SSSR count). The standard InChI is InChI=1S/C15H15FO2S/c1-11-6-7-12(16)14(10-11)18-8-2-4-13(17)15-5-3-9-19-15/h3,5-7,9-10H,2,4,8H2,1H3. The van der Waals surface area contributed by atoms with Crippen molar-refractivity contribution in [2.45, 2.75) is 19.8 Å². The van der Waals surface area contributed by atoms with Crippen LogP contribution in [0.1, 0.15) is 28.1 Å². The van der Waals surface area contributed by atoms with Crippen LogP contribution in [0.25, 0.3) is 0 Å². The number of halogens is 1. The molecule has 0 saturated carbocycles. The number of benzene rings is 1. The average Bonchev–Trinajstić information content (AvgIpc) is 2.92. The van der Waals surface area contributed by atoms with Crippen LogP contribution in [0, 0.1) is 12.7 Å². The van der Waals surface area contributed by atoms with Gasteiger partial charge in [0.05, 0.1) is 11.5 Å². The molecule has 0 aliphatic carbocycles. The smallest absolute Gasteiger partial charge is 0.172 e. The summed E-state index contributed by atoms with van der Waals surface area (Å²) in [4.78, 5) is 12.5. The number of hydrogen-bond acceptors (Lipinski definition) is 3. The van der Waals surface area contributed by atoms with Gasteiger partial charge in [0, 0.05) is 6.42 Å². The number of aryl methyl sites for hydroxylation is 1. The molecule has 4 heteroatoms. The molecule has 2 aromatic rings. The zero-order chi connectivity index (χ0) is 13.7. The van der Waals surface area contributed by atoms with Crippen molar-refractivity contribution in [1.82, 2.24) is 0 Å². The van der Waals surface area contributed by atoms with Gasteiger partial charge in [-0.05, 0) is 42.5 Å². The van der Waals surface area contributed by atoms with Gasteiger partial charge in [0.15, 0.2) is 17.3 Å². The molecular formula is C15H15FO2S. The first-order valence-corrected chi connectivity index (χ1v) is 7.00. The Balaban J connectivity index is 1.78. The molecule has 1 aromatic carbocycles. The van der Waals surface area contributed by atoms with E-state index in [0.717, 1.165) is 10.4 Å². The van der Waals surface area contributed by atoms with Gasteiger partial charge in [-0.1, -0.05) is 12.1 Å². The Kier molecular flexibility index (Phi) is 4.68. The van der Waals surface area contributed by atoms with Gasteiger partial charge in [0.2, 0.25) is 0 Å². The molecule has 0 radical (unpaired) electrons. The summed E-state index contributed by atoms with van der Waals surface area (Å²) in [5.41, 5.74) is 0.950. The molecule has 1 heterocycles. The molecular weight excluding hydrogens is 263 g/mol. The molecule has 0 bridgehead atoms. The molecule has 1 aromatic heterocycles. The Morgan fingerprint density at radius 2 is 2.21 bits per heavy atom. The maximum Gasteiger partial charge on any atom is 0.172 e. The summed E-state index contributed by atoms with van der Waals surface area (Å²) in [6.45, 7) is 2.23. The van der Waals surface area contributed by atoms with Crippen LogP contribution in [0.4, 0.5) is 4.39 Å². The summed E-state index contributed by atoms with van der Waals surface area (Å²) >= 11 is 1.44. The molecule has 0 fully saturated rings. The lowest BCUT2D eigenvalue weighted by Gasteiger charge is -2.07. The normalized spacial score (nSPS) is 10.4. The van der Waals surface area contributed by atoms with Crippen LogP contribution >= 0.6 is 11.3 Å². The SMILES string of the molecule is Cc1ccc(F)c(OCCCC(=O)c2cccs2)c1. The van der Waals surface area contributed by atoms with Crippen molar-refractivity contribution in [3.63, 3.8) is 0 Å². The second kappa shape index (κ2) is 6.48. The lowest BCUT2D eigenvalue weighted by atomic mass is 10.2. The highest BCUT2D eigenvalue weighted by molar-refractivity contribution is 7.12. The number of ketones is 1. The fourth-order valence-electron chi connectivity index (χ4n) is 1.70. The van der Waals surface area contributed by atoms with E-state index in [1.807, 2.05) is 24.4 Å². The Labute approximate surface area is 115 Å². The zero-order valence-electron chi connectivity index (χ0n) is 10.7. The molecule has 0 saturated heterocycles. The fraction of sp³-hybridized carbons (Fsp3) is 0.267. The molecule has 100 valence electrons. The summed E-state index contributed by atoms with van der Waals surface area (Å²) in [6, 6.07) is 8.42. The Morgan fingerprint density at radius 3 is 2.95 bits per heavy atom. The first kappa shape index (κ1) is 13.7. The topological polar surface area (TPSA) is 26.3 Å². The van der Waals surface area contributed by atoms with Crippen LogP contribution in [-0.2, 0) is 0 Å². The average molecular weight is 278 g/mol. The van der Waals surface area contributed by atoms with E-state index in [-0.39, 0.29) is 17.3 Å². The minimum Gasteiger partial charge on any atom is -0.490 e. The predicted octanol–water partition coefficient (Wildman–Crippen LogP) is 4.24. The number of thiophene rings is 1. The van der Waals surface area contributed by atoms with E-state index in [9.17, 15) is 9.18 Å². The molecule has 19 heavy (non-hydrogen) atoms. The van der Waals surface area contributed by atoms with Crippen LogP contribution in [0.15, 0.2) is 35.7 Å². The lowest BCUT2D eigenvalue weighted by Crippen LogP contribution is -2.03. The third-order valence-corrected chi connectivity index (χ3v) is 3.60. The van der Waals surface area contributed by atoms with Crippen molar-refractivity contribution < 1.29 is 13.9 Å². The maximum atomic E-state index is 13.4. The van der Waals surface area contributed by atoms with Crippen LogP contribution < -0.4 is 4.74 Å². The Bertz CT molecular complexity index is 549. The van der Waals surface area contributed by atoms with Gasteiger partial charge in [-0.3, -0.25) is 4.79 Å². The van der Waals surface area contributed by atoms with Gasteiger partial charge in [-0.2, -0.15) is 0 Å². The third-order valence-electron chi connectivity index (χ3n) is 2.69. The van der Waals surface area contributed by atoms with Crippen LogP contribution in [-0.4, -0.2) is 12.4 Å². The number of rotatable bonds is 6. The van der Waals surface area contributed by atoms with Gasteiger partial charge in [-0.15, -0.1) is 11.3 Å². The second-order valence-corrected chi connectivity index (χ2v) is 5.23. The maximum absolute atomic E-state index is 13.4. The van der Waals surface area contributed by atoms with Crippen LogP contribution in [0.3, 0.4) is 0 Å². The van der Waals surface area contributed by atoms with Crippen molar-refractivity contribution in [2.75, 3.05) is 6.61 Å². The Morgan fingerprint density at radius 1 is 1.37 bits per heavy atom. The van der Waals surface area contributed by atoms with Crippen molar-refractivity contribution in [2.24, 2.45) is 0 Å². The van der Waals surface area contributed by atoms with Gasteiger partial charge in [0.1, 0.15) is 0 Å². The van der Waals surface area contributed by atoms with Gasteiger partial charge >= 0.3 is 0 Å². The number of ether oxygens (including phenoxy) is 1. The minimum atomic E-state index is -0.366. The third kappa shape index (κ3) is 3.89. The molecule has 0 aliphatic heterocycles. The van der Waals surface area contributed by atoms with E-state index in [1.54, 1.807) is 12.1 Å². The minimum absolute atomic E-state index is 0.114. The number of hydrogen-bond donors (Lipinski definition) is 0. The number of carbonyl (C=O) groups excluding carboxylic acids is 1. The quantitative estimate of drug-likeness (QED) is 0.583. The van der Waals surface area contributed by atoms with E-state index in [1.165, 1.54) is 17.4 Å². The fourth-order valence-corrected chi connectivity index (χ4v) is 2.39. The van der Waals surface area contributed by atoms with Crippen molar-refractivity contribution in [3.8, 4) is 5.75 Å². The highest BCUT2D eigenvalue weighted by atomic mass is 32.1. The van der Waals surface area contributed by atoms with E-state index in [2.05, 4.69) is 0 Å². The van der Waals surface area contributed by atoms with Gasteiger partial charge in [-0.25, -0.2) is 4.39 Å². The highest BCUT2D eigenvalue weighted by Gasteiger charge is 2.07. The highest BCUT2D eigenvalue weighted by Crippen LogP contribution is 2.19. The summed E-state index contributed by atoms with van der Waals surface area (Å²) in [6.07, 6.45) is 1.01. The second-order valence-electron chi connectivity index (χ2n) is 4.29. The number of carbonyl (C=O) groups is 1. The van der Waals surface area contributed by atoms with E-state index in [0.29, 0.717) is 19.4 Å². The van der Waals surface area contributed by atoms with E-state index in [4.69, 9.17) is 4.74 Å². The molecule has 0 aliphatic rings. The number of Topliss-reactive ketones (excluding diaryl/α,β-unsaturated/α-hetero) is 1. The zero-order valence-corrected chi connectivity index (χ0v) is 11.5. The van der Waals surface area contributed by atoms with E-state index >= 15 is 0 Å². The Hall–Kier alpha value is -1.68. The first-order chi connectivity index (χ1) is 9.16. The van der Waals surface area contributed by atoms with Crippen LogP contribution in [0.2, 0.25) is 0 Å². The monoisotopic (exact) mass is 278 g/mol. The summed E-state index contributed by atoms with van der Waals surface area (Å²) in [7, 11) is 0. The summed E-state index contributed by atoms with van der Waals surface area (Å²) < 4.78 is 18.8. The van der Waals surface area contributed by atoms with E-state index < -0.39 is 0 Å². The van der Waals surface area contributed by atoms with Gasteiger partial charge in [0.25, 0.3) is 0 Å². The molecule has 0 spiro atoms.